The summed E-state index contributed by atoms with van der Waals surface area (Å²) in [5.41, 5.74) is 3.68. The maximum absolute atomic E-state index is 11.1. The standard InChI is InChI=1S/C32H44N4O7/c1-21(37)9-7-15-33-17-25-11-13-29(35-31(25)39-5)41-19-27-23(3)28(43-24(27)4)20-42-30-14-12-26(32(36-30)40-6)18-34-16-8-10-22(2)38/h11-14,33-34H,7-10,15-20H2,1-6H3. The van der Waals surface area contributed by atoms with Gasteiger partial charge in [-0.25, -0.2) is 0 Å². The minimum Gasteiger partial charge on any atom is -0.481 e. The average molecular weight is 597 g/mol. The molecule has 43 heavy (non-hydrogen) atoms. The smallest absolute Gasteiger partial charge is 0.220 e. The van der Waals surface area contributed by atoms with Gasteiger partial charge in [0.25, 0.3) is 0 Å². The Balaban J connectivity index is 1.54. The number of ketones is 2. The molecule has 0 amide bonds. The van der Waals surface area contributed by atoms with Crippen LogP contribution < -0.4 is 29.6 Å². The van der Waals surface area contributed by atoms with Crippen molar-refractivity contribution in [2.24, 2.45) is 0 Å². The van der Waals surface area contributed by atoms with Crippen molar-refractivity contribution >= 4 is 11.6 Å². The highest BCUT2D eigenvalue weighted by Gasteiger charge is 2.17. The maximum Gasteiger partial charge on any atom is 0.220 e. The lowest BCUT2D eigenvalue weighted by Gasteiger charge is -2.12. The van der Waals surface area contributed by atoms with Crippen LogP contribution in [0.15, 0.2) is 28.7 Å². The monoisotopic (exact) mass is 596 g/mol. The van der Waals surface area contributed by atoms with Gasteiger partial charge >= 0.3 is 0 Å². The van der Waals surface area contributed by atoms with Gasteiger partial charge in [-0.1, -0.05) is 0 Å². The molecule has 0 saturated carbocycles. The third-order valence-electron chi connectivity index (χ3n) is 6.90. The lowest BCUT2D eigenvalue weighted by Crippen LogP contribution is -2.16. The first-order valence-corrected chi connectivity index (χ1v) is 14.5. The molecule has 3 aromatic heterocycles. The van der Waals surface area contributed by atoms with Crippen LogP contribution in [0.3, 0.4) is 0 Å². The fourth-order valence-electron chi connectivity index (χ4n) is 4.45. The molecule has 0 aliphatic heterocycles. The molecule has 234 valence electrons. The number of nitrogens with one attached hydrogen (secondary N) is 2. The van der Waals surface area contributed by atoms with E-state index in [0.717, 1.165) is 53.9 Å². The molecule has 3 heterocycles. The summed E-state index contributed by atoms with van der Waals surface area (Å²) in [6, 6.07) is 7.45. The summed E-state index contributed by atoms with van der Waals surface area (Å²) >= 11 is 0. The maximum atomic E-state index is 11.1. The van der Waals surface area contributed by atoms with E-state index in [1.54, 1.807) is 34.1 Å². The van der Waals surface area contributed by atoms with Crippen LogP contribution in [0.4, 0.5) is 0 Å². The quantitative estimate of drug-likeness (QED) is 0.175. The summed E-state index contributed by atoms with van der Waals surface area (Å²) in [5, 5.41) is 6.62. The summed E-state index contributed by atoms with van der Waals surface area (Å²) in [6.07, 6.45) is 2.72. The molecule has 2 N–H and O–H groups in total. The molecule has 0 radical (unpaired) electrons. The van der Waals surface area contributed by atoms with Crippen molar-refractivity contribution in [3.63, 3.8) is 0 Å². The second-order valence-electron chi connectivity index (χ2n) is 10.4. The Kier molecular flexibility index (Phi) is 13.4. The van der Waals surface area contributed by atoms with E-state index in [2.05, 4.69) is 20.6 Å². The van der Waals surface area contributed by atoms with Crippen LogP contribution in [0.1, 0.15) is 73.3 Å². The van der Waals surface area contributed by atoms with E-state index in [1.165, 1.54) is 0 Å². The zero-order valence-electron chi connectivity index (χ0n) is 26.1. The van der Waals surface area contributed by atoms with Crippen LogP contribution in [0.5, 0.6) is 23.5 Å². The molecule has 0 aliphatic carbocycles. The zero-order valence-corrected chi connectivity index (χ0v) is 26.1. The van der Waals surface area contributed by atoms with Crippen molar-refractivity contribution in [3.8, 4) is 23.5 Å². The van der Waals surface area contributed by atoms with Gasteiger partial charge in [0.15, 0.2) is 0 Å². The third kappa shape index (κ3) is 10.7. The Morgan fingerprint density at radius 3 is 1.72 bits per heavy atom. The van der Waals surface area contributed by atoms with Gasteiger partial charge in [0.2, 0.25) is 23.5 Å². The fourth-order valence-corrected chi connectivity index (χ4v) is 4.45. The van der Waals surface area contributed by atoms with Crippen molar-refractivity contribution in [3.05, 3.63) is 58.0 Å². The van der Waals surface area contributed by atoms with Crippen molar-refractivity contribution in [2.45, 2.75) is 79.7 Å². The predicted octanol–water partition coefficient (Wildman–Crippen LogP) is 4.78. The largest absolute Gasteiger partial charge is 0.481 e. The Labute approximate surface area is 253 Å². The highest BCUT2D eigenvalue weighted by atomic mass is 16.5. The zero-order chi connectivity index (χ0) is 31.2. The number of aromatic nitrogens is 2. The molecular weight excluding hydrogens is 552 g/mol. The average Bonchev–Trinajstić information content (AvgIpc) is 3.26. The van der Waals surface area contributed by atoms with Gasteiger partial charge in [0, 0.05) is 60.3 Å². The molecule has 0 unspecified atom stereocenters. The number of pyridine rings is 2. The van der Waals surface area contributed by atoms with Crippen molar-refractivity contribution < 1.29 is 33.0 Å². The summed E-state index contributed by atoms with van der Waals surface area (Å²) < 4.78 is 28.9. The topological polar surface area (TPSA) is 134 Å². The minimum atomic E-state index is 0.190. The van der Waals surface area contributed by atoms with E-state index < -0.39 is 0 Å². The number of carbonyl (C=O) groups is 2. The lowest BCUT2D eigenvalue weighted by atomic mass is 10.1. The molecule has 3 aromatic rings. The van der Waals surface area contributed by atoms with Crippen LogP contribution in [-0.2, 0) is 35.9 Å². The van der Waals surface area contributed by atoms with Gasteiger partial charge in [-0.05, 0) is 65.8 Å². The third-order valence-corrected chi connectivity index (χ3v) is 6.90. The van der Waals surface area contributed by atoms with Crippen molar-refractivity contribution in [1.29, 1.82) is 0 Å². The van der Waals surface area contributed by atoms with Gasteiger partial charge < -0.3 is 43.6 Å². The predicted molar refractivity (Wildman–Crippen MR) is 162 cm³/mol. The Hall–Kier alpha value is -3.96. The van der Waals surface area contributed by atoms with E-state index in [4.69, 9.17) is 23.4 Å². The second kappa shape index (κ2) is 17.2. The van der Waals surface area contributed by atoms with E-state index in [9.17, 15) is 9.59 Å². The summed E-state index contributed by atoms with van der Waals surface area (Å²) in [7, 11) is 3.15. The molecule has 0 saturated heterocycles. The number of hydrogen-bond acceptors (Lipinski definition) is 11. The fraction of sp³-hybridized carbons (Fsp3) is 0.500. The van der Waals surface area contributed by atoms with Crippen molar-refractivity contribution in [1.82, 2.24) is 20.6 Å². The van der Waals surface area contributed by atoms with Crippen LogP contribution >= 0.6 is 0 Å². The molecule has 0 spiro atoms. The molecule has 0 aromatic carbocycles. The second-order valence-corrected chi connectivity index (χ2v) is 10.4. The van der Waals surface area contributed by atoms with Crippen LogP contribution in [0.2, 0.25) is 0 Å². The number of carbonyl (C=O) groups excluding carboxylic acids is 2. The summed E-state index contributed by atoms with van der Waals surface area (Å²) in [6.45, 7) is 10.2. The summed E-state index contributed by atoms with van der Waals surface area (Å²) in [4.78, 5) is 31.2. The first kappa shape index (κ1) is 33.5. The first-order chi connectivity index (χ1) is 20.7. The molecule has 11 nitrogen and oxygen atoms in total. The first-order valence-electron chi connectivity index (χ1n) is 14.5. The Bertz CT molecular complexity index is 1360. The van der Waals surface area contributed by atoms with Gasteiger partial charge in [0.05, 0.1) is 14.2 Å². The van der Waals surface area contributed by atoms with E-state index >= 15 is 0 Å². The van der Waals surface area contributed by atoms with Crippen LogP contribution in [0, 0.1) is 13.8 Å². The number of ether oxygens (including phenoxy) is 4. The highest BCUT2D eigenvalue weighted by Crippen LogP contribution is 2.27. The molecule has 0 fully saturated rings. The Morgan fingerprint density at radius 1 is 0.767 bits per heavy atom. The highest BCUT2D eigenvalue weighted by molar-refractivity contribution is 5.75. The van der Waals surface area contributed by atoms with Gasteiger partial charge in [-0.15, -0.1) is 0 Å². The van der Waals surface area contributed by atoms with Crippen LogP contribution in [-0.4, -0.2) is 48.8 Å². The summed E-state index contributed by atoms with van der Waals surface area (Å²) in [5.74, 6) is 3.65. The SMILES string of the molecule is COc1nc(OCc2oc(C)c(COc3ccc(CNCCCC(C)=O)c(OC)n3)c2C)ccc1CNCCCC(C)=O. The number of rotatable bonds is 20. The van der Waals surface area contributed by atoms with Crippen molar-refractivity contribution in [2.75, 3.05) is 27.3 Å². The number of furan rings is 1. The number of Topliss-reactive ketones (excluding diaryl/α,β-unsaturated/α-hetero) is 2. The normalized spacial score (nSPS) is 10.9. The molecule has 0 bridgehead atoms. The lowest BCUT2D eigenvalue weighted by molar-refractivity contribution is -0.117. The van der Waals surface area contributed by atoms with Gasteiger partial charge in [-0.3, -0.25) is 0 Å². The van der Waals surface area contributed by atoms with E-state index in [-0.39, 0.29) is 24.8 Å². The number of aryl methyl sites for hydroxylation is 1. The molecular formula is C32H44N4O7. The molecule has 11 heteroatoms. The minimum absolute atomic E-state index is 0.190. The van der Waals surface area contributed by atoms with Crippen LogP contribution in [0.25, 0.3) is 0 Å². The molecule has 3 rings (SSSR count). The number of methoxy groups -OCH3 is 2. The molecule has 0 aliphatic rings. The van der Waals surface area contributed by atoms with Gasteiger partial charge in [-0.2, -0.15) is 9.97 Å². The Morgan fingerprint density at radius 2 is 1.26 bits per heavy atom. The van der Waals surface area contributed by atoms with E-state index in [1.807, 2.05) is 32.0 Å². The number of nitrogens with zero attached hydrogens (tertiary/aromatic N) is 2. The van der Waals surface area contributed by atoms with E-state index in [0.29, 0.717) is 55.2 Å². The number of hydrogen-bond donors (Lipinski definition) is 2. The van der Waals surface area contributed by atoms with Gasteiger partial charge in [0.1, 0.15) is 36.3 Å². The molecule has 0 atom stereocenters.